The maximum Gasteiger partial charge on any atom is 0.255 e. The lowest BCUT2D eigenvalue weighted by Gasteiger charge is -2.17. The van der Waals surface area contributed by atoms with Gasteiger partial charge in [0.1, 0.15) is 4.90 Å². The molecule has 1 aromatic rings. The molecule has 8 heteroatoms. The van der Waals surface area contributed by atoms with E-state index in [2.05, 4.69) is 0 Å². The Morgan fingerprint density at radius 3 is 2.37 bits per heavy atom. The second-order valence-electron chi connectivity index (χ2n) is 4.03. The number of nitrogens with zero attached hydrogens (tertiary/aromatic N) is 1. The monoisotopic (exact) mass is 324 g/mol. The molecule has 1 amide bonds. The van der Waals surface area contributed by atoms with Crippen LogP contribution in [0.5, 0.6) is 0 Å². The fourth-order valence-corrected chi connectivity index (χ4v) is 2.95. The second kappa shape index (κ2) is 6.09. The summed E-state index contributed by atoms with van der Waals surface area (Å²) in [6.45, 7) is 2.45. The number of hydrogen-bond donors (Lipinski definition) is 1. The Morgan fingerprint density at radius 1 is 1.32 bits per heavy atom. The van der Waals surface area contributed by atoms with E-state index in [1.54, 1.807) is 7.05 Å². The number of primary sulfonamides is 1. The highest BCUT2D eigenvalue weighted by atomic mass is 35.5. The van der Waals surface area contributed by atoms with Crippen molar-refractivity contribution in [2.24, 2.45) is 5.14 Å². The number of nitrogens with two attached hydrogens (primary N) is 1. The molecule has 0 aliphatic heterocycles. The third kappa shape index (κ3) is 3.82. The number of amides is 1. The third-order valence-electron chi connectivity index (χ3n) is 2.46. The van der Waals surface area contributed by atoms with E-state index >= 15 is 0 Å². The Morgan fingerprint density at radius 2 is 1.89 bits per heavy atom. The van der Waals surface area contributed by atoms with E-state index < -0.39 is 10.0 Å². The largest absolute Gasteiger partial charge is 0.342 e. The smallest absolute Gasteiger partial charge is 0.255 e. The Hall–Kier alpha value is -0.820. The number of sulfonamides is 1. The van der Waals surface area contributed by atoms with Gasteiger partial charge in [-0.15, -0.1) is 0 Å². The zero-order valence-corrected chi connectivity index (χ0v) is 12.8. The highest BCUT2D eigenvalue weighted by molar-refractivity contribution is 7.89. The van der Waals surface area contributed by atoms with Crippen LogP contribution in [0.1, 0.15) is 23.7 Å². The highest BCUT2D eigenvalue weighted by Crippen LogP contribution is 2.28. The van der Waals surface area contributed by atoms with Gasteiger partial charge in [-0.3, -0.25) is 4.79 Å². The molecule has 0 saturated carbocycles. The van der Waals surface area contributed by atoms with Crippen LogP contribution in [0.4, 0.5) is 0 Å². The standard InChI is InChI=1S/C11H14Cl2N2O3S/c1-3-4-15(2)11(16)7-5-10(19(14,17)18)9(13)6-8(7)12/h5-6H,3-4H2,1-2H3,(H2,14,17,18). The molecule has 0 heterocycles. The summed E-state index contributed by atoms with van der Waals surface area (Å²) in [5.41, 5.74) is 0.0611. The summed E-state index contributed by atoms with van der Waals surface area (Å²) < 4.78 is 22.7. The molecule has 0 unspecified atom stereocenters. The molecule has 0 radical (unpaired) electrons. The summed E-state index contributed by atoms with van der Waals surface area (Å²) >= 11 is 11.7. The second-order valence-corrected chi connectivity index (χ2v) is 6.38. The number of halogens is 2. The number of carbonyl (C=O) groups excluding carboxylic acids is 1. The maximum absolute atomic E-state index is 12.1. The van der Waals surface area contributed by atoms with E-state index in [0.717, 1.165) is 12.5 Å². The Kier molecular flexibility index (Phi) is 5.20. The average Bonchev–Trinajstić information content (AvgIpc) is 2.26. The summed E-state index contributed by atoms with van der Waals surface area (Å²) in [4.78, 5) is 13.2. The molecule has 1 rings (SSSR count). The third-order valence-corrected chi connectivity index (χ3v) is 4.15. The molecule has 0 spiro atoms. The molecule has 19 heavy (non-hydrogen) atoms. The molecule has 0 aliphatic rings. The molecular weight excluding hydrogens is 311 g/mol. The first-order valence-electron chi connectivity index (χ1n) is 5.45. The highest BCUT2D eigenvalue weighted by Gasteiger charge is 2.21. The van der Waals surface area contributed by atoms with Crippen molar-refractivity contribution in [3.63, 3.8) is 0 Å². The average molecular weight is 325 g/mol. The lowest BCUT2D eigenvalue weighted by molar-refractivity contribution is 0.0795. The van der Waals surface area contributed by atoms with Crippen LogP contribution in [0.2, 0.25) is 10.0 Å². The van der Waals surface area contributed by atoms with E-state index in [1.807, 2.05) is 6.92 Å². The summed E-state index contributed by atoms with van der Waals surface area (Å²) in [6.07, 6.45) is 0.773. The van der Waals surface area contributed by atoms with E-state index in [1.165, 1.54) is 11.0 Å². The van der Waals surface area contributed by atoms with Gasteiger partial charge in [-0.2, -0.15) is 0 Å². The molecule has 0 fully saturated rings. The molecule has 2 N–H and O–H groups in total. The van der Waals surface area contributed by atoms with Crippen molar-refractivity contribution in [1.29, 1.82) is 0 Å². The zero-order valence-electron chi connectivity index (χ0n) is 10.5. The predicted molar refractivity (Wildman–Crippen MR) is 75.1 cm³/mol. The molecular formula is C11H14Cl2N2O3S. The molecule has 5 nitrogen and oxygen atoms in total. The number of hydrogen-bond acceptors (Lipinski definition) is 3. The predicted octanol–water partition coefficient (Wildman–Crippen LogP) is 2.12. The minimum atomic E-state index is -4.01. The van der Waals surface area contributed by atoms with Crippen molar-refractivity contribution in [2.45, 2.75) is 18.2 Å². The van der Waals surface area contributed by atoms with Gasteiger partial charge in [-0.25, -0.2) is 13.6 Å². The van der Waals surface area contributed by atoms with Gasteiger partial charge in [-0.1, -0.05) is 30.1 Å². The van der Waals surface area contributed by atoms with Crippen LogP contribution in [0.15, 0.2) is 17.0 Å². The zero-order chi connectivity index (χ0) is 14.8. The van der Waals surface area contributed by atoms with E-state index in [0.29, 0.717) is 6.54 Å². The van der Waals surface area contributed by atoms with Gasteiger partial charge in [0.05, 0.1) is 15.6 Å². The van der Waals surface area contributed by atoms with E-state index in [4.69, 9.17) is 28.3 Å². The molecule has 0 bridgehead atoms. The van der Waals surface area contributed by atoms with Crippen molar-refractivity contribution in [2.75, 3.05) is 13.6 Å². The first-order valence-corrected chi connectivity index (χ1v) is 7.76. The Balaban J connectivity index is 3.34. The molecule has 0 aromatic heterocycles. The lowest BCUT2D eigenvalue weighted by Crippen LogP contribution is -2.28. The van der Waals surface area contributed by atoms with Crippen LogP contribution in [0, 0.1) is 0 Å². The first kappa shape index (κ1) is 16.2. The van der Waals surface area contributed by atoms with Gasteiger partial charge in [0, 0.05) is 13.6 Å². The van der Waals surface area contributed by atoms with Gasteiger partial charge in [0.25, 0.3) is 5.91 Å². The van der Waals surface area contributed by atoms with Gasteiger partial charge in [0.2, 0.25) is 10.0 Å². The van der Waals surface area contributed by atoms with Crippen molar-refractivity contribution in [1.82, 2.24) is 4.90 Å². The van der Waals surface area contributed by atoms with Crippen molar-refractivity contribution in [3.05, 3.63) is 27.7 Å². The fraction of sp³-hybridized carbons (Fsp3) is 0.364. The molecule has 0 atom stereocenters. The number of rotatable bonds is 4. The molecule has 0 saturated heterocycles. The topological polar surface area (TPSA) is 80.5 Å². The van der Waals surface area contributed by atoms with Gasteiger partial charge in [-0.05, 0) is 18.6 Å². The van der Waals surface area contributed by atoms with Crippen LogP contribution in [-0.4, -0.2) is 32.8 Å². The maximum atomic E-state index is 12.1. The Labute approximate surface area is 122 Å². The normalized spacial score (nSPS) is 11.4. The molecule has 106 valence electrons. The fourth-order valence-electron chi connectivity index (χ4n) is 1.55. The van der Waals surface area contributed by atoms with Crippen LogP contribution in [0.25, 0.3) is 0 Å². The van der Waals surface area contributed by atoms with Crippen LogP contribution >= 0.6 is 23.2 Å². The minimum absolute atomic E-state index is 0.0611. The van der Waals surface area contributed by atoms with Gasteiger partial charge in [0.15, 0.2) is 0 Å². The van der Waals surface area contributed by atoms with Crippen molar-refractivity contribution in [3.8, 4) is 0 Å². The Bertz CT molecular complexity index is 602. The quantitative estimate of drug-likeness (QED) is 0.921. The summed E-state index contributed by atoms with van der Waals surface area (Å²) in [5, 5.41) is 5.01. The SMILES string of the molecule is CCCN(C)C(=O)c1cc(S(N)(=O)=O)c(Cl)cc1Cl. The van der Waals surface area contributed by atoms with Crippen LogP contribution < -0.4 is 5.14 Å². The summed E-state index contributed by atoms with van der Waals surface area (Å²) in [6, 6.07) is 2.31. The summed E-state index contributed by atoms with van der Waals surface area (Å²) in [5.74, 6) is -0.381. The summed E-state index contributed by atoms with van der Waals surface area (Å²) in [7, 11) is -2.40. The number of carbonyl (C=O) groups is 1. The van der Waals surface area contributed by atoms with Crippen molar-refractivity contribution >= 4 is 39.1 Å². The minimum Gasteiger partial charge on any atom is -0.342 e. The first-order chi connectivity index (χ1) is 8.68. The van der Waals surface area contributed by atoms with E-state index in [9.17, 15) is 13.2 Å². The molecule has 0 aliphatic carbocycles. The van der Waals surface area contributed by atoms with Gasteiger partial charge >= 0.3 is 0 Å². The molecule has 1 aromatic carbocycles. The van der Waals surface area contributed by atoms with Gasteiger partial charge < -0.3 is 4.90 Å². The van der Waals surface area contributed by atoms with Crippen LogP contribution in [0.3, 0.4) is 0 Å². The van der Waals surface area contributed by atoms with Crippen molar-refractivity contribution < 1.29 is 13.2 Å². The van der Waals surface area contributed by atoms with Crippen LogP contribution in [-0.2, 0) is 10.0 Å². The number of benzene rings is 1. The lowest BCUT2D eigenvalue weighted by atomic mass is 10.2. The van der Waals surface area contributed by atoms with E-state index in [-0.39, 0.29) is 26.4 Å².